The minimum Gasteiger partial charge on any atom is -0.508 e. The summed E-state index contributed by atoms with van der Waals surface area (Å²) in [6, 6.07) is 7.74. The molecule has 2 rings (SSSR count). The standard InChI is InChI=1S/C12H15BrN2OS/c1-8-11(6-13)17-12(15-8)14-7-9-4-2-3-5-10(9)16/h2-5,8,11,16H,6-7H2,1H3,(H,14,15). The van der Waals surface area contributed by atoms with Gasteiger partial charge >= 0.3 is 0 Å². The number of rotatable bonds is 3. The highest BCUT2D eigenvalue weighted by molar-refractivity contribution is 9.09. The molecular weight excluding hydrogens is 300 g/mol. The summed E-state index contributed by atoms with van der Waals surface area (Å²) in [6.07, 6.45) is 0. The first kappa shape index (κ1) is 12.8. The van der Waals surface area contributed by atoms with Gasteiger partial charge in [0.05, 0.1) is 6.54 Å². The van der Waals surface area contributed by atoms with Crippen molar-refractivity contribution in [3.05, 3.63) is 29.8 Å². The molecular formula is C12H15BrN2OS. The molecule has 0 amide bonds. The van der Waals surface area contributed by atoms with E-state index in [-0.39, 0.29) is 0 Å². The summed E-state index contributed by atoms with van der Waals surface area (Å²) in [5.74, 6) is 0.310. The molecule has 0 radical (unpaired) electrons. The van der Waals surface area contributed by atoms with Crippen molar-refractivity contribution in [1.29, 1.82) is 0 Å². The Labute approximate surface area is 114 Å². The largest absolute Gasteiger partial charge is 0.508 e. The molecule has 2 atom stereocenters. The number of halogens is 1. The van der Waals surface area contributed by atoms with Gasteiger partial charge in [-0.2, -0.15) is 0 Å². The number of hydrogen-bond donors (Lipinski definition) is 2. The maximum absolute atomic E-state index is 9.63. The highest BCUT2D eigenvalue weighted by Gasteiger charge is 2.27. The second-order valence-electron chi connectivity index (χ2n) is 3.99. The number of phenols is 1. The fourth-order valence-corrected chi connectivity index (χ4v) is 3.59. The lowest BCUT2D eigenvalue weighted by atomic mass is 10.2. The number of benzene rings is 1. The van der Waals surface area contributed by atoms with Crippen molar-refractivity contribution in [1.82, 2.24) is 5.32 Å². The first-order valence-corrected chi connectivity index (χ1v) is 7.51. The Bertz CT molecular complexity index is 425. The van der Waals surface area contributed by atoms with Crippen LogP contribution in [0.15, 0.2) is 29.3 Å². The third-order valence-corrected chi connectivity index (χ3v) is 5.18. The summed E-state index contributed by atoms with van der Waals surface area (Å²) in [4.78, 5) is 4.49. The molecule has 92 valence electrons. The number of thioether (sulfide) groups is 1. The highest BCUT2D eigenvalue weighted by Crippen LogP contribution is 2.26. The number of amidine groups is 1. The van der Waals surface area contributed by atoms with E-state index in [1.54, 1.807) is 17.8 Å². The van der Waals surface area contributed by atoms with Gasteiger partial charge in [-0.1, -0.05) is 45.9 Å². The molecule has 2 N–H and O–H groups in total. The Balaban J connectivity index is 2.01. The van der Waals surface area contributed by atoms with Crippen molar-refractivity contribution in [3.63, 3.8) is 0 Å². The summed E-state index contributed by atoms with van der Waals surface area (Å²) in [6.45, 7) is 2.67. The average Bonchev–Trinajstić information content (AvgIpc) is 2.69. The van der Waals surface area contributed by atoms with E-state index >= 15 is 0 Å². The number of nitrogens with zero attached hydrogens (tertiary/aromatic N) is 1. The van der Waals surface area contributed by atoms with Crippen molar-refractivity contribution < 1.29 is 5.11 Å². The smallest absolute Gasteiger partial charge is 0.157 e. The van der Waals surface area contributed by atoms with Crippen LogP contribution in [-0.4, -0.2) is 26.9 Å². The highest BCUT2D eigenvalue weighted by atomic mass is 79.9. The van der Waals surface area contributed by atoms with Gasteiger partial charge in [-0.05, 0) is 13.0 Å². The molecule has 1 saturated heterocycles. The Morgan fingerprint density at radius 3 is 2.88 bits per heavy atom. The van der Waals surface area contributed by atoms with Gasteiger partial charge in [0.2, 0.25) is 0 Å². The van der Waals surface area contributed by atoms with E-state index in [2.05, 4.69) is 33.2 Å². The van der Waals surface area contributed by atoms with E-state index in [4.69, 9.17) is 0 Å². The second kappa shape index (κ2) is 5.78. The molecule has 0 bridgehead atoms. The van der Waals surface area contributed by atoms with Crippen LogP contribution in [0.4, 0.5) is 0 Å². The summed E-state index contributed by atoms with van der Waals surface area (Å²) in [5, 5.41) is 15.4. The van der Waals surface area contributed by atoms with E-state index in [1.165, 1.54) is 0 Å². The number of hydrogen-bond acceptors (Lipinski definition) is 3. The van der Waals surface area contributed by atoms with Crippen LogP contribution in [-0.2, 0) is 6.54 Å². The van der Waals surface area contributed by atoms with Crippen LogP contribution in [0.25, 0.3) is 0 Å². The molecule has 5 heteroatoms. The van der Waals surface area contributed by atoms with Crippen molar-refractivity contribution in [2.45, 2.75) is 24.8 Å². The Morgan fingerprint density at radius 2 is 2.24 bits per heavy atom. The quantitative estimate of drug-likeness (QED) is 0.843. The molecule has 1 aliphatic rings. The van der Waals surface area contributed by atoms with E-state index < -0.39 is 0 Å². The van der Waals surface area contributed by atoms with E-state index in [1.807, 2.05) is 18.2 Å². The van der Waals surface area contributed by atoms with Crippen LogP contribution in [0.2, 0.25) is 0 Å². The molecule has 2 unspecified atom stereocenters. The molecule has 0 aromatic heterocycles. The van der Waals surface area contributed by atoms with Gasteiger partial charge in [-0.3, -0.25) is 4.99 Å². The minimum absolute atomic E-state index is 0.310. The van der Waals surface area contributed by atoms with E-state index in [0.717, 1.165) is 16.1 Å². The molecule has 1 aliphatic heterocycles. The lowest BCUT2D eigenvalue weighted by molar-refractivity contribution is 0.468. The van der Waals surface area contributed by atoms with E-state index in [0.29, 0.717) is 23.6 Å². The molecule has 1 heterocycles. The zero-order chi connectivity index (χ0) is 12.3. The summed E-state index contributed by atoms with van der Waals surface area (Å²) < 4.78 is 0. The molecule has 0 aliphatic carbocycles. The second-order valence-corrected chi connectivity index (χ2v) is 5.87. The predicted octanol–water partition coefficient (Wildman–Crippen LogP) is 2.74. The molecule has 1 aromatic rings. The number of phenolic OH excluding ortho intramolecular Hbond substituents is 1. The average molecular weight is 315 g/mol. The number of aromatic hydroxyl groups is 1. The maximum Gasteiger partial charge on any atom is 0.157 e. The lowest BCUT2D eigenvalue weighted by Gasteiger charge is -2.07. The number of nitrogens with one attached hydrogen (secondary N) is 1. The molecule has 0 spiro atoms. The van der Waals surface area contributed by atoms with E-state index in [9.17, 15) is 5.11 Å². The van der Waals surface area contributed by atoms with Crippen LogP contribution in [0.5, 0.6) is 5.75 Å². The fourth-order valence-electron chi connectivity index (χ4n) is 1.62. The topological polar surface area (TPSA) is 44.6 Å². The normalized spacial score (nSPS) is 26.1. The van der Waals surface area contributed by atoms with Crippen LogP contribution >= 0.6 is 27.7 Å². The Kier molecular flexibility index (Phi) is 4.34. The zero-order valence-electron chi connectivity index (χ0n) is 9.56. The van der Waals surface area contributed by atoms with Crippen LogP contribution in [0.3, 0.4) is 0 Å². The van der Waals surface area contributed by atoms with Gasteiger partial charge in [-0.15, -0.1) is 0 Å². The lowest BCUT2D eigenvalue weighted by Crippen LogP contribution is -2.28. The SMILES string of the molecule is CC1NC(=NCc2ccccc2O)SC1CBr. The maximum atomic E-state index is 9.63. The van der Waals surface area contributed by atoms with Crippen LogP contribution in [0, 0.1) is 0 Å². The number of alkyl halides is 1. The van der Waals surface area contributed by atoms with Crippen LogP contribution < -0.4 is 5.32 Å². The minimum atomic E-state index is 0.310. The van der Waals surface area contributed by atoms with Crippen molar-refractivity contribution in [2.75, 3.05) is 5.33 Å². The van der Waals surface area contributed by atoms with Crippen molar-refractivity contribution >= 4 is 32.9 Å². The van der Waals surface area contributed by atoms with Crippen molar-refractivity contribution in [2.24, 2.45) is 4.99 Å². The Hall–Kier alpha value is -0.680. The molecule has 0 saturated carbocycles. The number of aliphatic imine (C=N–C) groups is 1. The number of para-hydroxylation sites is 1. The molecule has 3 nitrogen and oxygen atoms in total. The van der Waals surface area contributed by atoms with Gasteiger partial charge in [0.25, 0.3) is 0 Å². The first-order chi connectivity index (χ1) is 8.20. The molecule has 1 aromatic carbocycles. The first-order valence-electron chi connectivity index (χ1n) is 5.51. The predicted molar refractivity (Wildman–Crippen MR) is 77.0 cm³/mol. The third kappa shape index (κ3) is 3.16. The molecule has 17 heavy (non-hydrogen) atoms. The summed E-state index contributed by atoms with van der Waals surface area (Å²) in [7, 11) is 0. The van der Waals surface area contributed by atoms with Gasteiger partial charge in [0.1, 0.15) is 5.75 Å². The monoisotopic (exact) mass is 314 g/mol. The summed E-state index contributed by atoms with van der Waals surface area (Å²) in [5.41, 5.74) is 0.859. The van der Waals surface area contributed by atoms with Gasteiger partial charge in [-0.25, -0.2) is 0 Å². The third-order valence-electron chi connectivity index (χ3n) is 2.71. The van der Waals surface area contributed by atoms with Crippen LogP contribution in [0.1, 0.15) is 12.5 Å². The Morgan fingerprint density at radius 1 is 1.47 bits per heavy atom. The van der Waals surface area contributed by atoms with Gasteiger partial charge < -0.3 is 10.4 Å². The van der Waals surface area contributed by atoms with Gasteiger partial charge in [0, 0.05) is 22.2 Å². The summed E-state index contributed by atoms with van der Waals surface area (Å²) >= 11 is 5.25. The van der Waals surface area contributed by atoms with Gasteiger partial charge in [0.15, 0.2) is 5.17 Å². The molecule has 1 fully saturated rings. The zero-order valence-corrected chi connectivity index (χ0v) is 12.0. The van der Waals surface area contributed by atoms with Crippen molar-refractivity contribution in [3.8, 4) is 5.75 Å². The fraction of sp³-hybridized carbons (Fsp3) is 0.417.